The van der Waals surface area contributed by atoms with E-state index in [4.69, 9.17) is 4.84 Å². The number of hydrogen-bond acceptors (Lipinski definition) is 2. The first-order chi connectivity index (χ1) is 5.00. The summed E-state index contributed by atoms with van der Waals surface area (Å²) >= 11 is 0. The van der Waals surface area contributed by atoms with E-state index in [1.54, 1.807) is 18.5 Å². The van der Waals surface area contributed by atoms with Gasteiger partial charge in [0.1, 0.15) is 6.26 Å². The van der Waals surface area contributed by atoms with Crippen LogP contribution in [0.1, 0.15) is 0 Å². The predicted octanol–water partition coefficient (Wildman–Crippen LogP) is 1.66. The average molecular weight is 135 g/mol. The molecule has 0 spiro atoms. The Labute approximate surface area is 60.1 Å². The van der Waals surface area contributed by atoms with Crippen molar-refractivity contribution in [1.29, 1.82) is 0 Å². The summed E-state index contributed by atoms with van der Waals surface area (Å²) in [6, 6.07) is 0. The van der Waals surface area contributed by atoms with Gasteiger partial charge >= 0.3 is 0 Å². The minimum Gasteiger partial charge on any atom is -0.391 e. The van der Waals surface area contributed by atoms with E-state index >= 15 is 0 Å². The molecule has 1 aliphatic heterocycles. The average Bonchev–Trinajstić information content (AvgIpc) is 2.01. The molecule has 0 bridgehead atoms. The third-order valence-corrected chi connectivity index (χ3v) is 0.934. The second kappa shape index (κ2) is 4.44. The van der Waals surface area contributed by atoms with Crippen molar-refractivity contribution in [2.45, 2.75) is 0 Å². The molecule has 2 heteroatoms. The van der Waals surface area contributed by atoms with E-state index in [0.29, 0.717) is 0 Å². The molecule has 52 valence electrons. The minimum absolute atomic E-state index is 1.57. The molecule has 0 aromatic rings. The lowest BCUT2D eigenvalue weighted by molar-refractivity contribution is 0.176. The fourth-order valence-electron chi connectivity index (χ4n) is 0.515. The molecule has 10 heavy (non-hydrogen) atoms. The first-order valence-electron chi connectivity index (χ1n) is 3.06. The van der Waals surface area contributed by atoms with Crippen LogP contribution in [0.5, 0.6) is 0 Å². The molecule has 0 unspecified atom stereocenters. The van der Waals surface area contributed by atoms with E-state index in [-0.39, 0.29) is 0 Å². The summed E-state index contributed by atoms with van der Waals surface area (Å²) in [6.07, 6.45) is 14.6. The lowest BCUT2D eigenvalue weighted by Gasteiger charge is -1.94. The second-order valence-corrected chi connectivity index (χ2v) is 1.69. The number of rotatable bonds is 0. The SMILES string of the molecule is C1=CC=CNOC=CC=C1. The number of hydrogen-bond donors (Lipinski definition) is 1. The zero-order valence-electron chi connectivity index (χ0n) is 5.53. The summed E-state index contributed by atoms with van der Waals surface area (Å²) in [5.74, 6) is 0. The maximum Gasteiger partial charge on any atom is 0.119 e. The van der Waals surface area contributed by atoms with Crippen LogP contribution in [0.3, 0.4) is 0 Å². The maximum absolute atomic E-state index is 4.81. The van der Waals surface area contributed by atoms with Gasteiger partial charge in [0, 0.05) is 6.20 Å². The summed E-state index contributed by atoms with van der Waals surface area (Å²) in [5.41, 5.74) is 2.60. The molecule has 2 nitrogen and oxygen atoms in total. The van der Waals surface area contributed by atoms with Crippen molar-refractivity contribution in [2.75, 3.05) is 0 Å². The van der Waals surface area contributed by atoms with Gasteiger partial charge in [0.05, 0.1) is 0 Å². The van der Waals surface area contributed by atoms with Crippen LogP contribution in [0.15, 0.2) is 48.9 Å². The van der Waals surface area contributed by atoms with Crippen LogP contribution in [0.4, 0.5) is 0 Å². The normalized spacial score (nSPS) is 16.0. The second-order valence-electron chi connectivity index (χ2n) is 1.69. The maximum atomic E-state index is 4.81. The Morgan fingerprint density at radius 2 is 1.50 bits per heavy atom. The van der Waals surface area contributed by atoms with Crippen LogP contribution in [-0.4, -0.2) is 0 Å². The number of hydroxylamine groups is 1. The van der Waals surface area contributed by atoms with Crippen molar-refractivity contribution >= 4 is 0 Å². The molecule has 0 aromatic heterocycles. The zero-order chi connectivity index (χ0) is 7.07. The van der Waals surface area contributed by atoms with Crippen LogP contribution in [0.2, 0.25) is 0 Å². The molecule has 0 saturated heterocycles. The molecule has 1 aliphatic rings. The van der Waals surface area contributed by atoms with Crippen molar-refractivity contribution in [3.8, 4) is 0 Å². The lowest BCUT2D eigenvalue weighted by atomic mass is 10.4. The predicted molar refractivity (Wildman–Crippen MR) is 40.8 cm³/mol. The van der Waals surface area contributed by atoms with Gasteiger partial charge in [0.2, 0.25) is 0 Å². The number of allylic oxidation sites excluding steroid dienone is 6. The first kappa shape index (κ1) is 6.68. The van der Waals surface area contributed by atoms with Crippen LogP contribution in [0, 0.1) is 0 Å². The Kier molecular flexibility index (Phi) is 2.96. The van der Waals surface area contributed by atoms with Gasteiger partial charge in [-0.25, -0.2) is 5.48 Å². The Morgan fingerprint density at radius 1 is 0.800 bits per heavy atom. The molecule has 0 amide bonds. The third kappa shape index (κ3) is 2.77. The summed E-state index contributed by atoms with van der Waals surface area (Å²) in [4.78, 5) is 4.81. The van der Waals surface area contributed by atoms with Crippen molar-refractivity contribution in [3.05, 3.63) is 48.9 Å². The highest BCUT2D eigenvalue weighted by Crippen LogP contribution is 1.84. The van der Waals surface area contributed by atoms with Gasteiger partial charge in [0.15, 0.2) is 0 Å². The lowest BCUT2D eigenvalue weighted by Crippen LogP contribution is -1.99. The summed E-state index contributed by atoms with van der Waals surface area (Å²) in [7, 11) is 0. The first-order valence-corrected chi connectivity index (χ1v) is 3.06. The highest BCUT2D eigenvalue weighted by atomic mass is 16.6. The Hall–Kier alpha value is -1.44. The van der Waals surface area contributed by atoms with Crippen LogP contribution >= 0.6 is 0 Å². The zero-order valence-corrected chi connectivity index (χ0v) is 5.53. The molecule has 0 radical (unpaired) electrons. The molecule has 0 saturated carbocycles. The number of nitrogens with one attached hydrogen (secondary N) is 1. The highest BCUT2D eigenvalue weighted by Gasteiger charge is 1.70. The van der Waals surface area contributed by atoms with Gasteiger partial charge in [-0.2, -0.15) is 0 Å². The monoisotopic (exact) mass is 135 g/mol. The van der Waals surface area contributed by atoms with E-state index < -0.39 is 0 Å². The molecule has 1 N–H and O–H groups in total. The van der Waals surface area contributed by atoms with Gasteiger partial charge in [0.25, 0.3) is 0 Å². The standard InChI is InChI=1S/C8H9NO/c1-2-4-6-8-10-9-7-5-3-1/h1-9H. The van der Waals surface area contributed by atoms with Gasteiger partial charge in [-0.05, 0) is 12.2 Å². The van der Waals surface area contributed by atoms with Gasteiger partial charge in [-0.15, -0.1) is 0 Å². The summed E-state index contributed by atoms with van der Waals surface area (Å²) in [5, 5.41) is 0. The van der Waals surface area contributed by atoms with Crippen LogP contribution < -0.4 is 5.48 Å². The molecule has 1 rings (SSSR count). The Balaban J connectivity index is 2.53. The topological polar surface area (TPSA) is 21.3 Å². The summed E-state index contributed by atoms with van der Waals surface area (Å²) < 4.78 is 0. The molecule has 0 atom stereocenters. The van der Waals surface area contributed by atoms with Crippen molar-refractivity contribution in [1.82, 2.24) is 5.48 Å². The summed E-state index contributed by atoms with van der Waals surface area (Å²) in [6.45, 7) is 0. The molecular formula is C8H9NO. The van der Waals surface area contributed by atoms with E-state index in [2.05, 4.69) is 5.48 Å². The fourth-order valence-corrected chi connectivity index (χ4v) is 0.515. The van der Waals surface area contributed by atoms with E-state index in [0.717, 1.165) is 0 Å². The van der Waals surface area contributed by atoms with Crippen molar-refractivity contribution in [3.63, 3.8) is 0 Å². The third-order valence-electron chi connectivity index (χ3n) is 0.934. The van der Waals surface area contributed by atoms with Gasteiger partial charge in [-0.1, -0.05) is 24.3 Å². The Bertz CT molecular complexity index is 167. The van der Waals surface area contributed by atoms with E-state index in [1.165, 1.54) is 0 Å². The smallest absolute Gasteiger partial charge is 0.119 e. The molecule has 0 aliphatic carbocycles. The van der Waals surface area contributed by atoms with E-state index in [1.807, 2.05) is 30.4 Å². The Morgan fingerprint density at radius 3 is 2.40 bits per heavy atom. The molecule has 0 aromatic carbocycles. The molecule has 1 heterocycles. The quantitative estimate of drug-likeness (QED) is 0.545. The van der Waals surface area contributed by atoms with E-state index in [9.17, 15) is 0 Å². The van der Waals surface area contributed by atoms with Gasteiger partial charge < -0.3 is 4.84 Å². The highest BCUT2D eigenvalue weighted by molar-refractivity contribution is 5.14. The molecular weight excluding hydrogens is 126 g/mol. The van der Waals surface area contributed by atoms with Crippen LogP contribution in [0.25, 0.3) is 0 Å². The van der Waals surface area contributed by atoms with Crippen molar-refractivity contribution in [2.24, 2.45) is 0 Å². The van der Waals surface area contributed by atoms with Crippen LogP contribution in [-0.2, 0) is 4.84 Å². The van der Waals surface area contributed by atoms with Gasteiger partial charge in [-0.3, -0.25) is 0 Å². The molecule has 0 fully saturated rings. The van der Waals surface area contributed by atoms with Crippen molar-refractivity contribution < 1.29 is 4.84 Å². The fraction of sp³-hybridized carbons (Fsp3) is 0. The minimum atomic E-state index is 1.57. The largest absolute Gasteiger partial charge is 0.391 e.